The van der Waals surface area contributed by atoms with Gasteiger partial charge in [0, 0.05) is 81.3 Å². The number of halogens is 3. The fraction of sp³-hybridized carbons (Fsp3) is 0.275. The first-order valence-corrected chi connectivity index (χ1v) is 23.0. The Balaban J connectivity index is 0.753. The van der Waals surface area contributed by atoms with E-state index in [0.29, 0.717) is 115 Å². The highest BCUT2D eigenvalue weighted by Gasteiger charge is 2.56. The second kappa shape index (κ2) is 20.4. The lowest BCUT2D eigenvalue weighted by Gasteiger charge is -2.36. The van der Waals surface area contributed by atoms with Crippen LogP contribution in [-0.4, -0.2) is 104 Å². The number of carbonyl (C=O) groups excluding carboxylic acids is 5. The molecule has 0 spiro atoms. The number of hydrogen-bond acceptors (Lipinski definition) is 13. The second-order valence-electron chi connectivity index (χ2n) is 17.5. The number of hydrogen-bond donors (Lipinski definition) is 5. The Morgan fingerprint density at radius 3 is 2.17 bits per heavy atom. The fourth-order valence-electron chi connectivity index (χ4n) is 8.57. The van der Waals surface area contributed by atoms with Crippen LogP contribution in [0.3, 0.4) is 0 Å². The van der Waals surface area contributed by atoms with Gasteiger partial charge in [-0.3, -0.25) is 39.2 Å². The maximum absolute atomic E-state index is 15.4. The third-order valence-corrected chi connectivity index (χ3v) is 12.9. The molecule has 1 atom stereocenters. The summed E-state index contributed by atoms with van der Waals surface area (Å²) in [6.45, 7) is 3.35. The van der Waals surface area contributed by atoms with E-state index in [9.17, 15) is 28.4 Å². The van der Waals surface area contributed by atoms with Crippen molar-refractivity contribution < 1.29 is 46.6 Å². The van der Waals surface area contributed by atoms with Crippen LogP contribution >= 0.6 is 0 Å². The van der Waals surface area contributed by atoms with Crippen molar-refractivity contribution in [2.75, 3.05) is 84.5 Å². The Kier molecular flexibility index (Phi) is 13.7. The Bertz CT molecular complexity index is 3020. The summed E-state index contributed by atoms with van der Waals surface area (Å²) in [6.07, 6.45) is 2.84. The number of likely N-dealkylation sites (N-methyl/N-ethyl adjacent to an activating group) is 1. The van der Waals surface area contributed by atoms with E-state index in [1.807, 2.05) is 4.90 Å². The van der Waals surface area contributed by atoms with E-state index in [4.69, 9.17) is 9.47 Å². The summed E-state index contributed by atoms with van der Waals surface area (Å²) in [5.41, 5.74) is 1.06. The predicted octanol–water partition coefficient (Wildman–Crippen LogP) is 6.93. The zero-order valence-electron chi connectivity index (χ0n) is 38.7. The number of rotatable bonds is 16. The molecular formula is C51H49F3N10O7. The van der Waals surface area contributed by atoms with Crippen LogP contribution < -0.4 is 45.9 Å². The third kappa shape index (κ3) is 10.7. The molecule has 2 saturated heterocycles. The molecule has 17 nitrogen and oxygen atoms in total. The summed E-state index contributed by atoms with van der Waals surface area (Å²) < 4.78 is 55.8. The van der Waals surface area contributed by atoms with Gasteiger partial charge in [0.15, 0.2) is 0 Å². The van der Waals surface area contributed by atoms with Crippen LogP contribution in [0.5, 0.6) is 17.2 Å². The van der Waals surface area contributed by atoms with Gasteiger partial charge in [0.05, 0.1) is 29.7 Å². The number of fused-ring (bicyclic) bond motifs is 1. The molecule has 5 N–H and O–H groups in total. The summed E-state index contributed by atoms with van der Waals surface area (Å²) in [7, 11) is 3.10. The van der Waals surface area contributed by atoms with Gasteiger partial charge in [-0.1, -0.05) is 0 Å². The molecule has 2 aliphatic heterocycles. The number of pyridine rings is 2. The smallest absolute Gasteiger partial charge is 0.255 e. The van der Waals surface area contributed by atoms with Crippen molar-refractivity contribution in [1.29, 1.82) is 0 Å². The molecule has 1 saturated carbocycles. The van der Waals surface area contributed by atoms with E-state index in [0.717, 1.165) is 6.07 Å². The second-order valence-corrected chi connectivity index (χ2v) is 17.5. The molecule has 2 aromatic heterocycles. The summed E-state index contributed by atoms with van der Waals surface area (Å²) in [5.74, 6) is -2.47. The molecule has 6 aromatic rings. The largest absolute Gasteiger partial charge is 0.495 e. The number of benzene rings is 4. The van der Waals surface area contributed by atoms with E-state index in [1.165, 1.54) is 43.5 Å². The summed E-state index contributed by atoms with van der Waals surface area (Å²) in [5, 5.41) is 14.3. The van der Waals surface area contributed by atoms with Crippen molar-refractivity contribution >= 4 is 74.7 Å². The lowest BCUT2D eigenvalue weighted by Crippen LogP contribution is -2.51. The van der Waals surface area contributed by atoms with Crippen LogP contribution in [0.1, 0.15) is 36.0 Å². The van der Waals surface area contributed by atoms with Crippen molar-refractivity contribution in [3.63, 3.8) is 0 Å². The van der Waals surface area contributed by atoms with Gasteiger partial charge in [-0.15, -0.1) is 0 Å². The zero-order chi connectivity index (χ0) is 49.8. The van der Waals surface area contributed by atoms with Gasteiger partial charge in [-0.25, -0.2) is 13.8 Å². The third-order valence-electron chi connectivity index (χ3n) is 12.9. The minimum atomic E-state index is -1.22. The molecule has 3 fully saturated rings. The zero-order valence-corrected chi connectivity index (χ0v) is 38.7. The normalized spacial score (nSPS) is 16.4. The Morgan fingerprint density at radius 1 is 0.817 bits per heavy atom. The van der Waals surface area contributed by atoms with Crippen molar-refractivity contribution in [2.45, 2.75) is 31.7 Å². The number of methoxy groups -OCH3 is 1. The van der Waals surface area contributed by atoms with Gasteiger partial charge in [0.25, 0.3) is 5.91 Å². The Hall–Kier alpha value is -8.26. The first-order chi connectivity index (χ1) is 34.3. The number of piperidine rings is 1. The van der Waals surface area contributed by atoms with Crippen LogP contribution in [-0.2, 0) is 19.2 Å². The number of nitrogens with zero attached hydrogens (tertiary/aromatic N) is 5. The van der Waals surface area contributed by atoms with Crippen LogP contribution in [0.15, 0.2) is 103 Å². The molecule has 4 heterocycles. The predicted molar refractivity (Wildman–Crippen MR) is 260 cm³/mol. The number of piperazine rings is 1. The molecule has 4 aromatic carbocycles. The van der Waals surface area contributed by atoms with Gasteiger partial charge in [-0.2, -0.15) is 4.39 Å². The Morgan fingerprint density at radius 2 is 1.52 bits per heavy atom. The standard InChI is InChI=1S/C51H49F3N10O7/c1-62(41-14-16-45(65)61-48(41)67)44-15-13-40(46(54)60-44)64-25-23-63(24-26-64)22-21-56-37-12-3-30(27-36(37)53)47(66)59-39-29-38-35(28-43(39)70-2)42(17-20-55-38)71-34-10-8-33(9-11-34)58-50(69)51(18-19-51)49(68)57-32-6-4-31(52)5-7-32/h3-13,15,17,20,27-29,41,56H,14,16,18-19,21-26H2,1-2H3,(H,57,68)(H,58,69)(H,59,66)(H,61,65,67). The van der Waals surface area contributed by atoms with Crippen molar-refractivity contribution in [3.8, 4) is 17.2 Å². The highest BCUT2D eigenvalue weighted by atomic mass is 19.1. The maximum atomic E-state index is 15.4. The van der Waals surface area contributed by atoms with E-state index in [1.54, 1.807) is 72.7 Å². The number of amides is 5. The van der Waals surface area contributed by atoms with Gasteiger partial charge >= 0.3 is 0 Å². The average molecular weight is 971 g/mol. The quantitative estimate of drug-likeness (QED) is 0.0380. The van der Waals surface area contributed by atoms with Crippen molar-refractivity contribution in [3.05, 3.63) is 126 Å². The van der Waals surface area contributed by atoms with Gasteiger partial charge < -0.3 is 40.5 Å². The van der Waals surface area contributed by atoms with E-state index in [2.05, 4.69) is 41.5 Å². The molecule has 366 valence electrons. The molecule has 0 radical (unpaired) electrons. The summed E-state index contributed by atoms with van der Waals surface area (Å²) in [6, 6.07) is 23.8. The number of aromatic nitrogens is 2. The molecule has 9 rings (SSSR count). The first-order valence-electron chi connectivity index (χ1n) is 23.0. The lowest BCUT2D eigenvalue weighted by atomic mass is 10.0. The number of anilines is 6. The van der Waals surface area contributed by atoms with E-state index >= 15 is 8.78 Å². The fourth-order valence-corrected chi connectivity index (χ4v) is 8.57. The summed E-state index contributed by atoms with van der Waals surface area (Å²) in [4.78, 5) is 77.7. The van der Waals surface area contributed by atoms with Crippen LogP contribution in [0.25, 0.3) is 10.9 Å². The molecule has 1 unspecified atom stereocenters. The number of imide groups is 1. The minimum absolute atomic E-state index is 0.0777. The minimum Gasteiger partial charge on any atom is -0.495 e. The van der Waals surface area contributed by atoms with Gasteiger partial charge in [0.1, 0.15) is 46.2 Å². The number of nitrogens with one attached hydrogen (secondary N) is 5. The van der Waals surface area contributed by atoms with Crippen LogP contribution in [0, 0.1) is 23.0 Å². The first kappa shape index (κ1) is 47.8. The highest BCUT2D eigenvalue weighted by molar-refractivity contribution is 6.17. The van der Waals surface area contributed by atoms with Crippen molar-refractivity contribution in [1.82, 2.24) is 20.2 Å². The van der Waals surface area contributed by atoms with Gasteiger partial charge in [-0.05, 0) is 116 Å². The molecule has 1 aliphatic carbocycles. The number of carbonyl (C=O) groups is 5. The average Bonchev–Trinajstić information content (AvgIpc) is 4.19. The van der Waals surface area contributed by atoms with E-state index < -0.39 is 52.7 Å². The summed E-state index contributed by atoms with van der Waals surface area (Å²) >= 11 is 0. The van der Waals surface area contributed by atoms with Crippen molar-refractivity contribution in [2.24, 2.45) is 5.41 Å². The Labute approximate surface area is 405 Å². The molecule has 3 aliphatic rings. The monoisotopic (exact) mass is 970 g/mol. The van der Waals surface area contributed by atoms with E-state index in [-0.39, 0.29) is 23.6 Å². The molecule has 5 amide bonds. The molecule has 0 bridgehead atoms. The topological polar surface area (TPSA) is 199 Å². The maximum Gasteiger partial charge on any atom is 0.255 e. The van der Waals surface area contributed by atoms with Crippen LogP contribution in [0.2, 0.25) is 0 Å². The molecule has 71 heavy (non-hydrogen) atoms. The molecule has 20 heteroatoms. The molecular weight excluding hydrogens is 922 g/mol. The lowest BCUT2D eigenvalue weighted by molar-refractivity contribution is -0.134. The number of ether oxygens (including phenoxy) is 2. The SMILES string of the molecule is COc1cc2c(Oc3ccc(NC(=O)C4(C(=O)Nc5ccc(F)cc5)CC4)cc3)ccnc2cc1NC(=O)c1ccc(NCCN2CCN(c3ccc(N(C)C4CCC(=O)NC4=O)nc3F)CC2)c(F)c1. The van der Waals surface area contributed by atoms with Crippen LogP contribution in [0.4, 0.5) is 47.4 Å². The highest BCUT2D eigenvalue weighted by Crippen LogP contribution is 2.48. The van der Waals surface area contributed by atoms with Gasteiger partial charge in [0.2, 0.25) is 29.6 Å².